The van der Waals surface area contributed by atoms with Gasteiger partial charge in [0.05, 0.1) is 18.8 Å². The van der Waals surface area contributed by atoms with E-state index in [-0.39, 0.29) is 0 Å². The second-order valence-electron chi connectivity index (χ2n) is 23.2. The van der Waals surface area contributed by atoms with Gasteiger partial charge in [-0.25, -0.2) is 0 Å². The highest BCUT2D eigenvalue weighted by molar-refractivity contribution is 5.80. The fraction of sp³-hybridized carbons (Fsp3) is 0.897. The Morgan fingerprint density at radius 1 is 0.338 bits per heavy atom. The summed E-state index contributed by atoms with van der Waals surface area (Å²) in [6, 6.07) is -1.00. The van der Waals surface area contributed by atoms with Gasteiger partial charge in [0.15, 0.2) is 0 Å². The van der Waals surface area contributed by atoms with Crippen LogP contribution in [-0.4, -0.2) is 57.3 Å². The van der Waals surface area contributed by atoms with Crippen molar-refractivity contribution in [3.05, 3.63) is 36.5 Å². The molecule has 74 heavy (non-hydrogen) atoms. The van der Waals surface area contributed by atoms with E-state index >= 15 is 0 Å². The Labute approximate surface area is 462 Å². The second kappa shape index (κ2) is 62.4. The fourth-order valence-corrected chi connectivity index (χ4v) is 10.6. The van der Waals surface area contributed by atoms with Crippen molar-refractivity contribution in [3.8, 4) is 0 Å². The molecule has 0 spiro atoms. The van der Waals surface area contributed by atoms with Crippen molar-refractivity contribution in [1.82, 2.24) is 5.32 Å². The third-order valence-electron chi connectivity index (χ3n) is 15.8. The normalized spacial score (nSPS) is 13.8. The van der Waals surface area contributed by atoms with Crippen molar-refractivity contribution in [2.24, 2.45) is 0 Å². The van der Waals surface area contributed by atoms with Gasteiger partial charge in [-0.3, -0.25) is 4.79 Å². The Morgan fingerprint density at radius 3 is 0.892 bits per heavy atom. The predicted molar refractivity (Wildman–Crippen MR) is 325 cm³/mol. The first kappa shape index (κ1) is 72.5. The van der Waals surface area contributed by atoms with Crippen molar-refractivity contribution in [2.75, 3.05) is 6.61 Å². The van der Waals surface area contributed by atoms with Crippen molar-refractivity contribution < 1.29 is 25.2 Å². The molecule has 5 N–H and O–H groups in total. The molecule has 0 fully saturated rings. The third kappa shape index (κ3) is 55.3. The Kier molecular flexibility index (Phi) is 61.1. The summed E-state index contributed by atoms with van der Waals surface area (Å²) in [6.07, 6.45) is 79.8. The summed E-state index contributed by atoms with van der Waals surface area (Å²) in [5.41, 5.74) is 0. The lowest BCUT2D eigenvalue weighted by molar-refractivity contribution is -0.132. The highest BCUT2D eigenvalue weighted by Gasteiger charge is 2.28. The maximum Gasteiger partial charge on any atom is 0.249 e. The molecule has 0 aromatic carbocycles. The molecule has 0 saturated heterocycles. The van der Waals surface area contributed by atoms with E-state index in [2.05, 4.69) is 55.6 Å². The maximum atomic E-state index is 12.6. The van der Waals surface area contributed by atoms with E-state index < -0.39 is 36.9 Å². The number of unbranched alkanes of at least 4 members (excludes halogenated alkanes) is 47. The molecule has 0 aliphatic rings. The van der Waals surface area contributed by atoms with Crippen LogP contribution in [0.1, 0.15) is 361 Å². The number of carbonyl (C=O) groups excluding carboxylic acids is 1. The number of hydrogen-bond acceptors (Lipinski definition) is 5. The van der Waals surface area contributed by atoms with Crippen molar-refractivity contribution >= 4 is 5.91 Å². The number of carbonyl (C=O) groups is 1. The molecule has 0 aromatic rings. The van der Waals surface area contributed by atoms with Crippen LogP contribution in [0.3, 0.4) is 0 Å². The highest BCUT2D eigenvalue weighted by Crippen LogP contribution is 2.19. The zero-order chi connectivity index (χ0) is 53.7. The smallest absolute Gasteiger partial charge is 0.249 e. The standard InChI is InChI=1S/C68H131NO5/c1-3-5-7-9-11-13-15-17-19-21-23-25-26-27-28-29-30-31-32-33-34-35-36-37-38-39-40-41-42-44-46-48-50-52-54-56-58-60-62-66(72)68(74)69-64(63-70)67(73)65(71)61-59-57-55-53-51-49-47-45-43-24-22-20-18-16-14-12-10-8-6-4-2/h30-31,33-34,53,55,64-67,70-73H,3-29,32,35-52,54,56-63H2,1-2H3,(H,69,74)/b31-30-,34-33-,55-53+. The number of rotatable bonds is 62. The summed E-state index contributed by atoms with van der Waals surface area (Å²) in [6.45, 7) is 4.09. The predicted octanol–water partition coefficient (Wildman–Crippen LogP) is 20.3. The zero-order valence-corrected chi connectivity index (χ0v) is 49.9. The first-order valence-electron chi connectivity index (χ1n) is 33.4. The van der Waals surface area contributed by atoms with Crippen molar-refractivity contribution in [1.29, 1.82) is 0 Å². The maximum absolute atomic E-state index is 12.6. The van der Waals surface area contributed by atoms with Gasteiger partial charge in [0.1, 0.15) is 12.2 Å². The van der Waals surface area contributed by atoms with E-state index in [4.69, 9.17) is 0 Å². The summed E-state index contributed by atoms with van der Waals surface area (Å²) < 4.78 is 0. The Morgan fingerprint density at radius 2 is 0.595 bits per heavy atom. The van der Waals surface area contributed by atoms with Gasteiger partial charge in [-0.15, -0.1) is 0 Å². The quantitative estimate of drug-likeness (QED) is 0.0308. The first-order valence-corrected chi connectivity index (χ1v) is 33.4. The van der Waals surface area contributed by atoms with E-state index in [0.717, 1.165) is 44.9 Å². The molecule has 0 heterocycles. The summed E-state index contributed by atoms with van der Waals surface area (Å²) >= 11 is 0. The van der Waals surface area contributed by atoms with Crippen LogP contribution in [0, 0.1) is 0 Å². The van der Waals surface area contributed by atoms with Crippen molar-refractivity contribution in [3.63, 3.8) is 0 Å². The Bertz CT molecular complexity index is 1170. The molecular weight excluding hydrogens is 911 g/mol. The summed E-state index contributed by atoms with van der Waals surface area (Å²) in [5.74, 6) is -0.588. The number of allylic oxidation sites excluding steroid dienone is 6. The lowest BCUT2D eigenvalue weighted by Gasteiger charge is -2.27. The molecule has 4 atom stereocenters. The lowest BCUT2D eigenvalue weighted by Crippen LogP contribution is -2.53. The average molecular weight is 1040 g/mol. The SMILES string of the molecule is CCCCCCCCCCCCCCCCC/C=C\C/C=C\CCCCCCCCCCCCCCCCCCC(O)C(=O)NC(CO)C(O)C(O)CCC/C=C/CCCCCCCCCCCCCCCCC. The van der Waals surface area contributed by atoms with Gasteiger partial charge in [-0.05, 0) is 70.6 Å². The Balaban J connectivity index is 3.56. The molecule has 0 rings (SSSR count). The Hall–Kier alpha value is -1.47. The summed E-state index contributed by atoms with van der Waals surface area (Å²) in [4.78, 5) is 12.6. The van der Waals surface area contributed by atoms with E-state index in [1.54, 1.807) is 0 Å². The number of amides is 1. The lowest BCUT2D eigenvalue weighted by atomic mass is 10.00. The summed E-state index contributed by atoms with van der Waals surface area (Å²) in [7, 11) is 0. The van der Waals surface area contributed by atoms with Crippen LogP contribution in [0.25, 0.3) is 0 Å². The van der Waals surface area contributed by atoms with Gasteiger partial charge in [0, 0.05) is 0 Å². The van der Waals surface area contributed by atoms with Gasteiger partial charge in [-0.2, -0.15) is 0 Å². The molecule has 6 heteroatoms. The average Bonchev–Trinajstić information content (AvgIpc) is 3.41. The number of nitrogens with one attached hydrogen (secondary N) is 1. The van der Waals surface area contributed by atoms with Gasteiger partial charge in [0.25, 0.3) is 0 Å². The molecule has 6 nitrogen and oxygen atoms in total. The minimum absolute atomic E-state index is 0.364. The zero-order valence-electron chi connectivity index (χ0n) is 49.9. The molecule has 438 valence electrons. The molecular formula is C68H131NO5. The van der Waals surface area contributed by atoms with Crippen LogP contribution < -0.4 is 5.32 Å². The van der Waals surface area contributed by atoms with Gasteiger partial charge in [0.2, 0.25) is 5.91 Å². The first-order chi connectivity index (χ1) is 36.5. The van der Waals surface area contributed by atoms with Gasteiger partial charge in [-0.1, -0.05) is 326 Å². The van der Waals surface area contributed by atoms with E-state index in [1.807, 2.05) is 0 Å². The molecule has 0 aromatic heterocycles. The van der Waals surface area contributed by atoms with Crippen LogP contribution in [-0.2, 0) is 4.79 Å². The fourth-order valence-electron chi connectivity index (χ4n) is 10.6. The molecule has 1 amide bonds. The topological polar surface area (TPSA) is 110 Å². The minimum Gasteiger partial charge on any atom is -0.394 e. The van der Waals surface area contributed by atoms with E-state index in [9.17, 15) is 25.2 Å². The number of aliphatic hydroxyl groups excluding tert-OH is 4. The molecule has 0 aliphatic carbocycles. The molecule has 0 radical (unpaired) electrons. The molecule has 0 aliphatic heterocycles. The number of aliphatic hydroxyl groups is 4. The van der Waals surface area contributed by atoms with Crippen molar-refractivity contribution in [2.45, 2.75) is 385 Å². The van der Waals surface area contributed by atoms with Gasteiger partial charge < -0.3 is 25.7 Å². The molecule has 0 saturated carbocycles. The number of hydrogen-bond donors (Lipinski definition) is 5. The van der Waals surface area contributed by atoms with Crippen LogP contribution in [0.5, 0.6) is 0 Å². The molecule has 4 unspecified atom stereocenters. The van der Waals surface area contributed by atoms with Gasteiger partial charge >= 0.3 is 0 Å². The van der Waals surface area contributed by atoms with Crippen LogP contribution in [0.15, 0.2) is 36.5 Å². The monoisotopic (exact) mass is 1040 g/mol. The van der Waals surface area contributed by atoms with Crippen LogP contribution in [0.4, 0.5) is 0 Å². The minimum atomic E-state index is -1.28. The van der Waals surface area contributed by atoms with E-state index in [1.165, 1.54) is 289 Å². The van der Waals surface area contributed by atoms with Crippen LogP contribution >= 0.6 is 0 Å². The van der Waals surface area contributed by atoms with Crippen LogP contribution in [0.2, 0.25) is 0 Å². The largest absolute Gasteiger partial charge is 0.394 e. The molecule has 0 bridgehead atoms. The second-order valence-corrected chi connectivity index (χ2v) is 23.2. The third-order valence-corrected chi connectivity index (χ3v) is 15.8. The van der Waals surface area contributed by atoms with E-state index in [0.29, 0.717) is 12.8 Å². The summed E-state index contributed by atoms with van der Waals surface area (Å²) in [5, 5.41) is 44.1. The highest BCUT2D eigenvalue weighted by atomic mass is 16.3.